The van der Waals surface area contributed by atoms with Gasteiger partial charge in [0, 0.05) is 5.56 Å². The third-order valence-corrected chi connectivity index (χ3v) is 3.54. The maximum Gasteiger partial charge on any atom is 0.168 e. The molecule has 21 heavy (non-hydrogen) atoms. The Morgan fingerprint density at radius 2 is 1.81 bits per heavy atom. The van der Waals surface area contributed by atoms with E-state index < -0.39 is 11.9 Å². The maximum absolute atomic E-state index is 14.1. The Hall–Kier alpha value is -1.87. The van der Waals surface area contributed by atoms with Gasteiger partial charge in [-0.1, -0.05) is 38.1 Å². The molecule has 1 unspecified atom stereocenters. The lowest BCUT2D eigenvalue weighted by Gasteiger charge is -2.16. The van der Waals surface area contributed by atoms with Crippen molar-refractivity contribution < 1.29 is 14.2 Å². The van der Waals surface area contributed by atoms with Crippen molar-refractivity contribution >= 4 is 0 Å². The second-order valence-corrected chi connectivity index (χ2v) is 5.62. The van der Waals surface area contributed by atoms with E-state index in [2.05, 4.69) is 13.8 Å². The number of ether oxygens (including phenoxy) is 1. The number of aliphatic hydroxyl groups is 1. The summed E-state index contributed by atoms with van der Waals surface area (Å²) >= 11 is 0. The molecule has 0 aromatic heterocycles. The van der Waals surface area contributed by atoms with Crippen LogP contribution in [0.2, 0.25) is 0 Å². The van der Waals surface area contributed by atoms with Crippen LogP contribution in [0.1, 0.15) is 49.5 Å². The number of para-hydroxylation sites is 1. The summed E-state index contributed by atoms with van der Waals surface area (Å²) in [4.78, 5) is 0. The second kappa shape index (κ2) is 6.27. The Morgan fingerprint density at radius 3 is 2.43 bits per heavy atom. The first-order valence-electron chi connectivity index (χ1n) is 7.15. The molecule has 2 rings (SSSR count). The van der Waals surface area contributed by atoms with E-state index in [1.54, 1.807) is 19.1 Å². The number of hydrogen-bond acceptors (Lipinski definition) is 2. The Morgan fingerprint density at radius 1 is 1.10 bits per heavy atom. The van der Waals surface area contributed by atoms with Crippen LogP contribution in [0, 0.1) is 12.7 Å². The molecule has 2 nitrogen and oxygen atoms in total. The zero-order valence-electron chi connectivity index (χ0n) is 12.9. The van der Waals surface area contributed by atoms with Gasteiger partial charge in [0.25, 0.3) is 0 Å². The monoisotopic (exact) mass is 288 g/mol. The first-order valence-corrected chi connectivity index (χ1v) is 7.15. The minimum absolute atomic E-state index is 0.0940. The van der Waals surface area contributed by atoms with Gasteiger partial charge in [0.2, 0.25) is 0 Å². The predicted molar refractivity (Wildman–Crippen MR) is 82.4 cm³/mol. The van der Waals surface area contributed by atoms with Gasteiger partial charge in [0.15, 0.2) is 11.6 Å². The highest BCUT2D eigenvalue weighted by Gasteiger charge is 2.16. The molecule has 0 aliphatic heterocycles. The van der Waals surface area contributed by atoms with Gasteiger partial charge in [-0.15, -0.1) is 0 Å². The number of rotatable bonds is 4. The summed E-state index contributed by atoms with van der Waals surface area (Å²) in [6.07, 6.45) is -0.788. The number of hydrogen-bond donors (Lipinski definition) is 1. The third-order valence-electron chi connectivity index (χ3n) is 3.54. The van der Waals surface area contributed by atoms with Crippen LogP contribution < -0.4 is 4.74 Å². The van der Waals surface area contributed by atoms with Gasteiger partial charge in [0.1, 0.15) is 5.75 Å². The molecule has 0 fully saturated rings. The largest absolute Gasteiger partial charge is 0.454 e. The van der Waals surface area contributed by atoms with Crippen molar-refractivity contribution in [2.75, 3.05) is 0 Å². The fourth-order valence-corrected chi connectivity index (χ4v) is 2.16. The normalized spacial score (nSPS) is 12.5. The van der Waals surface area contributed by atoms with Gasteiger partial charge in [-0.05, 0) is 43.0 Å². The topological polar surface area (TPSA) is 29.5 Å². The quantitative estimate of drug-likeness (QED) is 0.847. The van der Waals surface area contributed by atoms with E-state index >= 15 is 0 Å². The van der Waals surface area contributed by atoms with Crippen molar-refractivity contribution in [1.29, 1.82) is 0 Å². The molecule has 0 spiro atoms. The lowest BCUT2D eigenvalue weighted by atomic mass is 10.0. The molecule has 2 aromatic rings. The van der Waals surface area contributed by atoms with Gasteiger partial charge in [-0.25, -0.2) is 4.39 Å². The molecule has 0 amide bonds. The molecule has 0 radical (unpaired) electrons. The van der Waals surface area contributed by atoms with E-state index in [-0.39, 0.29) is 5.75 Å². The molecule has 0 saturated heterocycles. The summed E-state index contributed by atoms with van der Waals surface area (Å²) in [6.45, 7) is 7.71. The highest BCUT2D eigenvalue weighted by Crippen LogP contribution is 2.34. The molecule has 0 aliphatic rings. The van der Waals surface area contributed by atoms with Gasteiger partial charge in [0.05, 0.1) is 6.10 Å². The summed E-state index contributed by atoms with van der Waals surface area (Å²) in [7, 11) is 0. The highest BCUT2D eigenvalue weighted by molar-refractivity contribution is 5.44. The second-order valence-electron chi connectivity index (χ2n) is 5.62. The van der Waals surface area contributed by atoms with Crippen LogP contribution in [0.5, 0.6) is 11.5 Å². The summed E-state index contributed by atoms with van der Waals surface area (Å²) < 4.78 is 19.8. The Balaban J connectivity index is 2.45. The van der Waals surface area contributed by atoms with E-state index in [1.807, 2.05) is 25.1 Å². The molecule has 3 heteroatoms. The Labute approximate surface area is 125 Å². The third kappa shape index (κ3) is 3.42. The molecular formula is C18H21FO2. The van der Waals surface area contributed by atoms with Crippen molar-refractivity contribution in [2.24, 2.45) is 0 Å². The van der Waals surface area contributed by atoms with Crippen molar-refractivity contribution in [2.45, 2.75) is 39.7 Å². The first-order chi connectivity index (χ1) is 9.90. The van der Waals surface area contributed by atoms with E-state index in [0.717, 1.165) is 11.1 Å². The summed E-state index contributed by atoms with van der Waals surface area (Å²) in [5.41, 5.74) is 2.51. The number of halogens is 1. The molecule has 1 N–H and O–H groups in total. The summed E-state index contributed by atoms with van der Waals surface area (Å²) in [6, 6.07) is 10.5. The van der Waals surface area contributed by atoms with Crippen LogP contribution in [0.25, 0.3) is 0 Å². The lowest BCUT2D eigenvalue weighted by molar-refractivity contribution is 0.194. The van der Waals surface area contributed by atoms with Crippen molar-refractivity contribution in [3.8, 4) is 11.5 Å². The van der Waals surface area contributed by atoms with Crippen LogP contribution >= 0.6 is 0 Å². The van der Waals surface area contributed by atoms with Crippen LogP contribution in [-0.2, 0) is 0 Å². The molecule has 0 saturated carbocycles. The van der Waals surface area contributed by atoms with Gasteiger partial charge in [-0.3, -0.25) is 0 Å². The lowest BCUT2D eigenvalue weighted by Crippen LogP contribution is -2.00. The molecule has 2 aromatic carbocycles. The number of aryl methyl sites for hydroxylation is 1. The fraction of sp³-hybridized carbons (Fsp3) is 0.333. The van der Waals surface area contributed by atoms with E-state index in [9.17, 15) is 9.50 Å². The molecule has 112 valence electrons. The number of aliphatic hydroxyl groups excluding tert-OH is 1. The van der Waals surface area contributed by atoms with Gasteiger partial charge in [-0.2, -0.15) is 0 Å². The predicted octanol–water partition coefficient (Wildman–Crippen LogP) is 5.10. The highest BCUT2D eigenvalue weighted by atomic mass is 19.1. The molecule has 0 bridgehead atoms. The van der Waals surface area contributed by atoms with Crippen LogP contribution in [0.4, 0.5) is 4.39 Å². The Bertz CT molecular complexity index is 633. The van der Waals surface area contributed by atoms with Crippen molar-refractivity contribution in [1.82, 2.24) is 0 Å². The molecular weight excluding hydrogens is 267 g/mol. The average Bonchev–Trinajstić information content (AvgIpc) is 2.42. The zero-order chi connectivity index (χ0) is 15.6. The number of benzene rings is 2. The van der Waals surface area contributed by atoms with Gasteiger partial charge < -0.3 is 9.84 Å². The van der Waals surface area contributed by atoms with E-state index in [1.165, 1.54) is 6.07 Å². The van der Waals surface area contributed by atoms with Crippen LogP contribution in [0.15, 0.2) is 36.4 Å². The first kappa shape index (κ1) is 15.5. The van der Waals surface area contributed by atoms with Crippen LogP contribution in [-0.4, -0.2) is 5.11 Å². The fourth-order valence-electron chi connectivity index (χ4n) is 2.16. The van der Waals surface area contributed by atoms with Gasteiger partial charge >= 0.3 is 0 Å². The van der Waals surface area contributed by atoms with E-state index in [0.29, 0.717) is 17.2 Å². The van der Waals surface area contributed by atoms with Crippen LogP contribution in [0.3, 0.4) is 0 Å². The van der Waals surface area contributed by atoms with Crippen molar-refractivity contribution in [3.05, 3.63) is 58.9 Å². The van der Waals surface area contributed by atoms with E-state index in [4.69, 9.17) is 4.74 Å². The standard InChI is InChI=1S/C18H21FO2/c1-11(2)14-9-8-12(3)17(10-14)21-18-15(13(4)20)6-5-7-16(18)19/h5-11,13,20H,1-4H3. The zero-order valence-corrected chi connectivity index (χ0v) is 12.9. The molecule has 1 atom stereocenters. The SMILES string of the molecule is Cc1ccc(C(C)C)cc1Oc1c(F)cccc1C(C)O. The average molecular weight is 288 g/mol. The molecule has 0 aliphatic carbocycles. The Kier molecular flexibility index (Phi) is 4.63. The summed E-state index contributed by atoms with van der Waals surface area (Å²) in [5, 5.41) is 9.77. The minimum atomic E-state index is -0.788. The smallest absolute Gasteiger partial charge is 0.168 e. The maximum atomic E-state index is 14.1. The minimum Gasteiger partial charge on any atom is -0.454 e. The molecule has 0 heterocycles. The summed E-state index contributed by atoms with van der Waals surface area (Å²) in [5.74, 6) is 0.609. The van der Waals surface area contributed by atoms with Crippen molar-refractivity contribution in [3.63, 3.8) is 0 Å².